The number of rotatable bonds is 5. The molecular formula is C15H24N2O5S. The van der Waals surface area contributed by atoms with Gasteiger partial charge in [0.2, 0.25) is 0 Å². The molecule has 7 nitrogen and oxygen atoms in total. The molecule has 1 aromatic rings. The summed E-state index contributed by atoms with van der Waals surface area (Å²) in [6.45, 7) is 8.82. The quantitative estimate of drug-likeness (QED) is 0.852. The highest BCUT2D eigenvalue weighted by molar-refractivity contribution is 7.16. The summed E-state index contributed by atoms with van der Waals surface area (Å²) >= 11 is 1.11. The van der Waals surface area contributed by atoms with Gasteiger partial charge in [0, 0.05) is 18.5 Å². The lowest BCUT2D eigenvalue weighted by atomic mass is 9.89. The summed E-state index contributed by atoms with van der Waals surface area (Å²) in [6.07, 6.45) is -0.249. The van der Waals surface area contributed by atoms with Gasteiger partial charge in [-0.25, -0.2) is 14.6 Å². The van der Waals surface area contributed by atoms with Gasteiger partial charge in [-0.2, -0.15) is 0 Å². The molecule has 130 valence electrons. The summed E-state index contributed by atoms with van der Waals surface area (Å²) in [4.78, 5) is 29.2. The molecule has 8 heteroatoms. The van der Waals surface area contributed by atoms with Gasteiger partial charge in [-0.3, -0.25) is 4.90 Å². The lowest BCUT2D eigenvalue weighted by Gasteiger charge is -2.23. The van der Waals surface area contributed by atoms with Crippen LogP contribution in [0.3, 0.4) is 0 Å². The fraction of sp³-hybridized carbons (Fsp3) is 0.667. The molecule has 1 heterocycles. The van der Waals surface area contributed by atoms with E-state index in [1.807, 2.05) is 13.8 Å². The maximum Gasteiger partial charge on any atom is 0.416 e. The van der Waals surface area contributed by atoms with Crippen LogP contribution < -0.4 is 4.90 Å². The topological polar surface area (TPSA) is 100.0 Å². The number of thiazole rings is 1. The van der Waals surface area contributed by atoms with Crippen molar-refractivity contribution >= 4 is 28.5 Å². The highest BCUT2D eigenvalue weighted by Gasteiger charge is 2.28. The number of amides is 1. The molecule has 0 saturated carbocycles. The average molecular weight is 344 g/mol. The minimum atomic E-state index is -1.16. The number of hydrogen-bond donors (Lipinski definition) is 2. The highest BCUT2D eigenvalue weighted by atomic mass is 32.1. The van der Waals surface area contributed by atoms with E-state index < -0.39 is 23.1 Å². The molecule has 0 aromatic carbocycles. The summed E-state index contributed by atoms with van der Waals surface area (Å²) in [6, 6.07) is 0. The third kappa shape index (κ3) is 5.47. The molecule has 0 saturated heterocycles. The molecule has 0 radical (unpaired) electrons. The molecule has 23 heavy (non-hydrogen) atoms. The fourth-order valence-electron chi connectivity index (χ4n) is 1.67. The number of carboxylic acids is 1. The Balaban J connectivity index is 3.10. The summed E-state index contributed by atoms with van der Waals surface area (Å²) in [5.74, 6) is -1.16. The van der Waals surface area contributed by atoms with Gasteiger partial charge in [0.1, 0.15) is 5.60 Å². The number of aromatic nitrogens is 1. The zero-order chi connectivity index (χ0) is 18.0. The Morgan fingerprint density at radius 3 is 2.26 bits per heavy atom. The smallest absolute Gasteiger partial charge is 0.416 e. The van der Waals surface area contributed by atoms with Crippen molar-refractivity contribution < 1.29 is 24.5 Å². The first-order valence-corrected chi connectivity index (χ1v) is 7.98. The van der Waals surface area contributed by atoms with Gasteiger partial charge >= 0.3 is 12.1 Å². The molecule has 0 aliphatic rings. The van der Waals surface area contributed by atoms with Gasteiger partial charge in [0.15, 0.2) is 10.8 Å². The number of nitrogens with zero attached hydrogens (tertiary/aromatic N) is 2. The van der Waals surface area contributed by atoms with Crippen LogP contribution in [0.4, 0.5) is 9.93 Å². The monoisotopic (exact) mass is 344 g/mol. The highest BCUT2D eigenvalue weighted by Crippen LogP contribution is 2.32. The van der Waals surface area contributed by atoms with Crippen LogP contribution in [0.2, 0.25) is 0 Å². The first-order chi connectivity index (χ1) is 10.4. The molecule has 0 fully saturated rings. The number of ether oxygens (including phenoxy) is 1. The summed E-state index contributed by atoms with van der Waals surface area (Å²) in [5.41, 5.74) is -1.22. The molecule has 1 rings (SSSR count). The van der Waals surface area contributed by atoms with Crippen molar-refractivity contribution in [2.75, 3.05) is 18.6 Å². The SMILES string of the molecule is CN(C(=O)OC(C)(C)C)c1nc(C(=O)O)c(CC(C)(C)CO)s1. The minimum absolute atomic E-state index is 0.0821. The fourth-order valence-corrected chi connectivity index (χ4v) is 2.93. The average Bonchev–Trinajstić information content (AvgIpc) is 2.79. The van der Waals surface area contributed by atoms with Crippen molar-refractivity contribution in [3.05, 3.63) is 10.6 Å². The molecule has 1 amide bonds. The zero-order valence-corrected chi connectivity index (χ0v) is 15.2. The van der Waals surface area contributed by atoms with E-state index in [-0.39, 0.29) is 17.4 Å². The van der Waals surface area contributed by atoms with Gasteiger partial charge in [0.05, 0.1) is 0 Å². The van der Waals surface area contributed by atoms with E-state index in [2.05, 4.69) is 4.98 Å². The molecule has 0 unspecified atom stereocenters. The third-order valence-electron chi connectivity index (χ3n) is 2.91. The number of carbonyl (C=O) groups excluding carboxylic acids is 1. The van der Waals surface area contributed by atoms with E-state index in [1.54, 1.807) is 20.8 Å². The Bertz CT molecular complexity index is 589. The number of hydrogen-bond acceptors (Lipinski definition) is 6. The van der Waals surface area contributed by atoms with E-state index in [1.165, 1.54) is 11.9 Å². The van der Waals surface area contributed by atoms with Gasteiger partial charge in [0.25, 0.3) is 0 Å². The number of aliphatic hydroxyl groups is 1. The Morgan fingerprint density at radius 1 is 1.26 bits per heavy atom. The Hall–Kier alpha value is -1.67. The van der Waals surface area contributed by atoms with Crippen LogP contribution in [0.5, 0.6) is 0 Å². The number of aromatic carboxylic acids is 1. The van der Waals surface area contributed by atoms with Crippen molar-refractivity contribution in [3.8, 4) is 0 Å². The van der Waals surface area contributed by atoms with E-state index in [9.17, 15) is 19.8 Å². The van der Waals surface area contributed by atoms with E-state index in [0.717, 1.165) is 11.3 Å². The van der Waals surface area contributed by atoms with Crippen molar-refractivity contribution in [1.29, 1.82) is 0 Å². The van der Waals surface area contributed by atoms with E-state index in [4.69, 9.17) is 4.74 Å². The number of aliphatic hydroxyl groups excluding tert-OH is 1. The van der Waals surface area contributed by atoms with Crippen LogP contribution in [0, 0.1) is 5.41 Å². The number of anilines is 1. The normalized spacial score (nSPS) is 12.1. The molecule has 1 aromatic heterocycles. The second-order valence-electron chi connectivity index (χ2n) is 7.11. The Morgan fingerprint density at radius 2 is 1.83 bits per heavy atom. The second-order valence-corrected chi connectivity index (χ2v) is 8.17. The van der Waals surface area contributed by atoms with Crippen molar-refractivity contribution in [1.82, 2.24) is 4.98 Å². The number of carboxylic acid groups (broad SMARTS) is 1. The van der Waals surface area contributed by atoms with Gasteiger partial charge in [-0.05, 0) is 32.6 Å². The summed E-state index contributed by atoms with van der Waals surface area (Å²) < 4.78 is 5.25. The Kier molecular flexibility index (Phi) is 5.76. The van der Waals surface area contributed by atoms with E-state index >= 15 is 0 Å². The van der Waals surface area contributed by atoms with Crippen LogP contribution in [0.15, 0.2) is 0 Å². The van der Waals surface area contributed by atoms with Crippen molar-refractivity contribution in [2.24, 2.45) is 5.41 Å². The second kappa shape index (κ2) is 6.84. The van der Waals surface area contributed by atoms with Gasteiger partial charge in [-0.15, -0.1) is 11.3 Å². The zero-order valence-electron chi connectivity index (χ0n) is 14.3. The van der Waals surface area contributed by atoms with Gasteiger partial charge < -0.3 is 14.9 Å². The predicted molar refractivity (Wildman–Crippen MR) is 88.3 cm³/mol. The van der Waals surface area contributed by atoms with Crippen LogP contribution >= 0.6 is 11.3 Å². The maximum atomic E-state index is 12.1. The van der Waals surface area contributed by atoms with Crippen molar-refractivity contribution in [2.45, 2.75) is 46.6 Å². The van der Waals surface area contributed by atoms with Crippen LogP contribution in [0.25, 0.3) is 0 Å². The van der Waals surface area contributed by atoms with Crippen LogP contribution in [-0.4, -0.2) is 46.5 Å². The first kappa shape index (κ1) is 19.4. The Labute approximate surface area is 139 Å². The molecular weight excluding hydrogens is 320 g/mol. The summed E-state index contributed by atoms with van der Waals surface area (Å²) in [5, 5.41) is 18.9. The third-order valence-corrected chi connectivity index (χ3v) is 4.04. The van der Waals surface area contributed by atoms with Crippen LogP contribution in [0.1, 0.15) is 50.0 Å². The van der Waals surface area contributed by atoms with Gasteiger partial charge in [-0.1, -0.05) is 13.8 Å². The molecule has 0 aliphatic carbocycles. The number of carbonyl (C=O) groups is 2. The molecule has 0 spiro atoms. The van der Waals surface area contributed by atoms with Crippen molar-refractivity contribution in [3.63, 3.8) is 0 Å². The molecule has 0 bridgehead atoms. The lowest BCUT2D eigenvalue weighted by Crippen LogP contribution is -2.34. The van der Waals surface area contributed by atoms with E-state index in [0.29, 0.717) is 11.3 Å². The minimum Gasteiger partial charge on any atom is -0.476 e. The largest absolute Gasteiger partial charge is 0.476 e. The maximum absolute atomic E-state index is 12.1. The lowest BCUT2D eigenvalue weighted by molar-refractivity contribution is 0.0586. The molecule has 2 N–H and O–H groups in total. The standard InChI is InChI=1S/C15H24N2O5S/c1-14(2,3)22-13(21)17(6)12-16-10(11(19)20)9(23-12)7-15(4,5)8-18/h18H,7-8H2,1-6H3,(H,19,20). The summed E-state index contributed by atoms with van der Waals surface area (Å²) in [7, 11) is 1.49. The molecule has 0 aliphatic heterocycles. The molecule has 0 atom stereocenters. The first-order valence-electron chi connectivity index (χ1n) is 7.17. The van der Waals surface area contributed by atoms with Crippen LogP contribution in [-0.2, 0) is 11.2 Å². The predicted octanol–water partition coefficient (Wildman–Crippen LogP) is 2.77.